The van der Waals surface area contributed by atoms with Crippen molar-refractivity contribution in [1.29, 1.82) is 0 Å². The van der Waals surface area contributed by atoms with Crippen molar-refractivity contribution in [3.8, 4) is 22.5 Å². The van der Waals surface area contributed by atoms with Crippen LogP contribution in [-0.4, -0.2) is 43.3 Å². The second-order valence-electron chi connectivity index (χ2n) is 7.19. The van der Waals surface area contributed by atoms with E-state index in [-0.39, 0.29) is 5.69 Å². The van der Waals surface area contributed by atoms with Crippen LogP contribution >= 0.6 is 0 Å². The predicted molar refractivity (Wildman–Crippen MR) is 118 cm³/mol. The molecule has 0 spiro atoms. The summed E-state index contributed by atoms with van der Waals surface area (Å²) in [6.07, 6.45) is 0. The maximum atomic E-state index is 12.6. The van der Waals surface area contributed by atoms with Gasteiger partial charge in [-0.2, -0.15) is 5.21 Å². The number of carbonyl (C=O) groups excluding carboxylic acids is 1. The zero-order chi connectivity index (χ0) is 22.1. The molecule has 0 aliphatic rings. The largest absolute Gasteiger partial charge is 0.465 e. The lowest BCUT2D eigenvalue weighted by molar-refractivity contribution is 0.0602. The highest BCUT2D eigenvalue weighted by Crippen LogP contribution is 2.30. The molecule has 5 aromatic rings. The molecule has 0 aliphatic carbocycles. The number of hydrogen-bond donors (Lipinski definition) is 2. The lowest BCUT2D eigenvalue weighted by atomic mass is 9.98. The minimum atomic E-state index is -0.489. The van der Waals surface area contributed by atoms with E-state index in [2.05, 4.69) is 25.6 Å². The van der Waals surface area contributed by atoms with Crippen LogP contribution in [0.2, 0.25) is 0 Å². The number of aromatic nitrogens is 6. The Hall–Kier alpha value is -4.53. The summed E-state index contributed by atoms with van der Waals surface area (Å²) in [5.41, 5.74) is 4.89. The zero-order valence-electron chi connectivity index (χ0n) is 17.1. The van der Waals surface area contributed by atoms with Crippen molar-refractivity contribution < 1.29 is 9.53 Å². The third-order valence-corrected chi connectivity index (χ3v) is 5.32. The third kappa shape index (κ3) is 3.35. The predicted octanol–water partition coefficient (Wildman–Crippen LogP) is 3.01. The van der Waals surface area contributed by atoms with E-state index in [9.17, 15) is 9.59 Å². The number of nitrogens with one attached hydrogen (secondary N) is 2. The standard InChI is InChI=1S/C23H18N6O3/c1-32-22(30)18-7-4-8-19-20(18)29(23(31)24-19)13-14-9-11-15(12-10-14)16-5-2-3-6-17(16)21-25-27-28-26-21/h2-12H,13H2,1H3,(H,24,31)(H,25,26,27,28). The van der Waals surface area contributed by atoms with Gasteiger partial charge >= 0.3 is 11.7 Å². The number of tetrazole rings is 1. The number of aromatic amines is 2. The van der Waals surface area contributed by atoms with Gasteiger partial charge in [-0.05, 0) is 34.0 Å². The Morgan fingerprint density at radius 3 is 2.50 bits per heavy atom. The van der Waals surface area contributed by atoms with Gasteiger partial charge in [0.2, 0.25) is 5.82 Å². The monoisotopic (exact) mass is 426 g/mol. The number of H-pyrrole nitrogens is 2. The number of methoxy groups -OCH3 is 1. The maximum Gasteiger partial charge on any atom is 0.340 e. The number of para-hydroxylation sites is 1. The maximum absolute atomic E-state index is 12.6. The van der Waals surface area contributed by atoms with Crippen molar-refractivity contribution in [3.63, 3.8) is 0 Å². The minimum Gasteiger partial charge on any atom is -0.465 e. The lowest BCUT2D eigenvalue weighted by Gasteiger charge is -2.10. The van der Waals surface area contributed by atoms with Gasteiger partial charge in [0.15, 0.2) is 0 Å². The molecule has 0 bridgehead atoms. The number of rotatable bonds is 5. The van der Waals surface area contributed by atoms with E-state index in [1.165, 1.54) is 7.11 Å². The number of nitrogens with zero attached hydrogens (tertiary/aromatic N) is 4. The second-order valence-corrected chi connectivity index (χ2v) is 7.19. The molecule has 9 nitrogen and oxygen atoms in total. The number of fused-ring (bicyclic) bond motifs is 1. The van der Waals surface area contributed by atoms with Crippen molar-refractivity contribution in [3.05, 3.63) is 88.3 Å². The van der Waals surface area contributed by atoms with Crippen molar-refractivity contribution in [2.45, 2.75) is 6.54 Å². The van der Waals surface area contributed by atoms with E-state index >= 15 is 0 Å². The molecule has 9 heteroatoms. The van der Waals surface area contributed by atoms with Crippen LogP contribution in [0.5, 0.6) is 0 Å². The fraction of sp³-hybridized carbons (Fsp3) is 0.0870. The zero-order valence-corrected chi connectivity index (χ0v) is 17.1. The Balaban J connectivity index is 1.51. The van der Waals surface area contributed by atoms with Gasteiger partial charge in [-0.1, -0.05) is 54.6 Å². The molecule has 32 heavy (non-hydrogen) atoms. The number of carbonyl (C=O) groups is 1. The molecule has 0 aliphatic heterocycles. The first-order valence-corrected chi connectivity index (χ1v) is 9.87. The summed E-state index contributed by atoms with van der Waals surface area (Å²) < 4.78 is 6.43. The molecule has 2 N–H and O–H groups in total. The molecule has 3 aromatic carbocycles. The molecule has 0 radical (unpaired) electrons. The first kappa shape index (κ1) is 19.4. The van der Waals surface area contributed by atoms with Crippen LogP contribution in [0.3, 0.4) is 0 Å². The summed E-state index contributed by atoms with van der Waals surface area (Å²) in [4.78, 5) is 27.6. The van der Waals surface area contributed by atoms with E-state index in [0.717, 1.165) is 22.3 Å². The fourth-order valence-corrected chi connectivity index (χ4v) is 3.82. The average molecular weight is 426 g/mol. The molecule has 0 atom stereocenters. The van der Waals surface area contributed by atoms with E-state index in [0.29, 0.717) is 29.0 Å². The molecule has 0 saturated heterocycles. The SMILES string of the molecule is COC(=O)c1cccc2[nH]c(=O)n(Cc3ccc(-c4ccccc4-c4nn[nH]n4)cc3)c12. The number of imidazole rings is 1. The summed E-state index contributed by atoms with van der Waals surface area (Å²) in [5.74, 6) is 0.0298. The van der Waals surface area contributed by atoms with E-state index in [1.807, 2.05) is 48.5 Å². The number of benzene rings is 3. The molecule has 0 amide bonds. The Bertz CT molecular complexity index is 1470. The highest BCUT2D eigenvalue weighted by Gasteiger charge is 2.17. The van der Waals surface area contributed by atoms with Gasteiger partial charge in [0, 0.05) is 5.56 Å². The van der Waals surface area contributed by atoms with Crippen LogP contribution in [0.25, 0.3) is 33.5 Å². The highest BCUT2D eigenvalue weighted by molar-refractivity contribution is 6.02. The molecule has 0 saturated carbocycles. The second kappa shape index (κ2) is 7.95. The Morgan fingerprint density at radius 2 is 1.78 bits per heavy atom. The first-order valence-electron chi connectivity index (χ1n) is 9.87. The smallest absolute Gasteiger partial charge is 0.340 e. The minimum absolute atomic E-state index is 0.289. The first-order chi connectivity index (χ1) is 15.7. The summed E-state index contributed by atoms with van der Waals surface area (Å²) >= 11 is 0. The van der Waals surface area contributed by atoms with Gasteiger partial charge < -0.3 is 9.72 Å². The van der Waals surface area contributed by atoms with Gasteiger partial charge in [-0.25, -0.2) is 9.59 Å². The van der Waals surface area contributed by atoms with Crippen LogP contribution in [0.4, 0.5) is 0 Å². The topological polar surface area (TPSA) is 119 Å². The Labute approximate surface area is 181 Å². The van der Waals surface area contributed by atoms with Crippen LogP contribution in [-0.2, 0) is 11.3 Å². The van der Waals surface area contributed by atoms with Gasteiger partial charge in [0.25, 0.3) is 0 Å². The summed E-state index contributed by atoms with van der Waals surface area (Å²) in [7, 11) is 1.32. The molecular weight excluding hydrogens is 408 g/mol. The fourth-order valence-electron chi connectivity index (χ4n) is 3.82. The molecule has 0 fully saturated rings. The van der Waals surface area contributed by atoms with Gasteiger partial charge in [-0.15, -0.1) is 10.2 Å². The number of ether oxygens (including phenoxy) is 1. The van der Waals surface area contributed by atoms with E-state index in [4.69, 9.17) is 4.74 Å². The van der Waals surface area contributed by atoms with Crippen molar-refractivity contribution in [2.24, 2.45) is 0 Å². The van der Waals surface area contributed by atoms with Crippen LogP contribution < -0.4 is 5.69 Å². The number of esters is 1. The third-order valence-electron chi connectivity index (χ3n) is 5.32. The molecule has 5 rings (SSSR count). The summed E-state index contributed by atoms with van der Waals surface area (Å²) in [6.45, 7) is 0.305. The van der Waals surface area contributed by atoms with Crippen LogP contribution in [0.1, 0.15) is 15.9 Å². The Morgan fingerprint density at radius 1 is 1.00 bits per heavy atom. The molecular formula is C23H18N6O3. The normalized spacial score (nSPS) is 11.0. The summed E-state index contributed by atoms with van der Waals surface area (Å²) in [5, 5.41) is 14.3. The van der Waals surface area contributed by atoms with E-state index in [1.54, 1.807) is 22.8 Å². The average Bonchev–Trinajstić information content (AvgIpc) is 3.47. The van der Waals surface area contributed by atoms with E-state index < -0.39 is 5.97 Å². The van der Waals surface area contributed by atoms with Crippen molar-refractivity contribution >= 4 is 17.0 Å². The van der Waals surface area contributed by atoms with Gasteiger partial charge in [0.1, 0.15) is 0 Å². The van der Waals surface area contributed by atoms with Crippen molar-refractivity contribution in [1.82, 2.24) is 30.2 Å². The lowest BCUT2D eigenvalue weighted by Crippen LogP contribution is -2.18. The van der Waals surface area contributed by atoms with Crippen molar-refractivity contribution in [2.75, 3.05) is 7.11 Å². The number of hydrogen-bond acceptors (Lipinski definition) is 6. The Kier molecular flexibility index (Phi) is 4.83. The quantitative estimate of drug-likeness (QED) is 0.417. The van der Waals surface area contributed by atoms with Gasteiger partial charge in [0.05, 0.1) is 30.3 Å². The summed E-state index contributed by atoms with van der Waals surface area (Å²) in [6, 6.07) is 20.8. The molecule has 2 heterocycles. The van der Waals surface area contributed by atoms with Crippen LogP contribution in [0.15, 0.2) is 71.5 Å². The molecule has 158 valence electrons. The molecule has 0 unspecified atom stereocenters. The van der Waals surface area contributed by atoms with Gasteiger partial charge in [-0.3, -0.25) is 4.57 Å². The highest BCUT2D eigenvalue weighted by atomic mass is 16.5. The van der Waals surface area contributed by atoms with Crippen LogP contribution in [0, 0.1) is 0 Å². The molecule has 2 aromatic heterocycles.